The third-order valence-corrected chi connectivity index (χ3v) is 5.12. The van der Waals surface area contributed by atoms with E-state index in [0.29, 0.717) is 0 Å². The van der Waals surface area contributed by atoms with Crippen LogP contribution in [0.4, 0.5) is 0 Å². The molecule has 27 heavy (non-hydrogen) atoms. The van der Waals surface area contributed by atoms with Gasteiger partial charge in [-0.2, -0.15) is 0 Å². The summed E-state index contributed by atoms with van der Waals surface area (Å²) in [7, 11) is 0. The molecule has 0 aliphatic heterocycles. The minimum atomic E-state index is 1.05. The minimum absolute atomic E-state index is 1.05. The maximum atomic E-state index is 3.69. The van der Waals surface area contributed by atoms with Gasteiger partial charge in [0.15, 0.2) is 0 Å². The van der Waals surface area contributed by atoms with Crippen molar-refractivity contribution in [3.63, 3.8) is 0 Å². The van der Waals surface area contributed by atoms with Crippen molar-refractivity contribution in [1.82, 2.24) is 4.98 Å². The summed E-state index contributed by atoms with van der Waals surface area (Å²) < 4.78 is 0. The Morgan fingerprint density at radius 2 is 1.00 bits per heavy atom. The molecule has 0 amide bonds. The van der Waals surface area contributed by atoms with Gasteiger partial charge >= 0.3 is 0 Å². The molecule has 1 heterocycles. The van der Waals surface area contributed by atoms with Crippen LogP contribution in [0.2, 0.25) is 0 Å². The number of rotatable bonds is 0. The normalized spacial score (nSPS) is 10.7. The molecule has 0 aliphatic rings. The maximum absolute atomic E-state index is 3.69. The number of fused-ring (bicyclic) bond motifs is 7. The molecule has 0 saturated heterocycles. The first-order chi connectivity index (χ1) is 13.3. The first-order valence-corrected chi connectivity index (χ1v) is 9.05. The van der Waals surface area contributed by atoms with E-state index in [0.717, 1.165) is 11.1 Å². The van der Waals surface area contributed by atoms with Crippen molar-refractivity contribution in [3.8, 4) is 23.7 Å². The summed E-state index contributed by atoms with van der Waals surface area (Å²) in [4.78, 5) is 3.69. The molecule has 0 unspecified atom stereocenters. The Labute approximate surface area is 158 Å². The fourth-order valence-electron chi connectivity index (χ4n) is 3.95. The van der Waals surface area contributed by atoms with E-state index < -0.39 is 0 Å². The largest absolute Gasteiger partial charge is 0.353 e. The first kappa shape index (κ1) is 15.6. The molecule has 0 fully saturated rings. The van der Waals surface area contributed by atoms with E-state index in [2.05, 4.69) is 89.3 Å². The molecule has 1 aromatic heterocycles. The van der Waals surface area contributed by atoms with Gasteiger partial charge in [0.2, 0.25) is 0 Å². The lowest BCUT2D eigenvalue weighted by atomic mass is 10.0. The van der Waals surface area contributed by atoms with Crippen molar-refractivity contribution in [2.45, 2.75) is 13.8 Å². The number of benzene rings is 4. The fourth-order valence-corrected chi connectivity index (χ4v) is 3.95. The molecular formula is C26H17N. The molecule has 126 valence electrons. The van der Waals surface area contributed by atoms with E-state index >= 15 is 0 Å². The summed E-state index contributed by atoms with van der Waals surface area (Å²) in [6, 6.07) is 21.6. The van der Waals surface area contributed by atoms with Crippen molar-refractivity contribution < 1.29 is 0 Å². The summed E-state index contributed by atoms with van der Waals surface area (Å²) in [6.45, 7) is 3.74. The van der Waals surface area contributed by atoms with Crippen molar-refractivity contribution in [1.29, 1.82) is 0 Å². The van der Waals surface area contributed by atoms with Crippen LogP contribution in [-0.2, 0) is 0 Å². The Morgan fingerprint density at radius 1 is 0.556 bits per heavy atom. The molecule has 5 rings (SSSR count). The van der Waals surface area contributed by atoms with Crippen LogP contribution in [0.5, 0.6) is 0 Å². The van der Waals surface area contributed by atoms with Crippen molar-refractivity contribution in [2.24, 2.45) is 0 Å². The Hall–Kier alpha value is -3.68. The minimum Gasteiger partial charge on any atom is -0.353 e. The third kappa shape index (κ3) is 2.37. The fraction of sp³-hybridized carbons (Fsp3) is 0.0769. The smallest absolute Gasteiger partial charge is 0.0544 e. The molecule has 1 N–H and O–H groups in total. The van der Waals surface area contributed by atoms with E-state index in [1.165, 1.54) is 43.4 Å². The molecule has 0 spiro atoms. The molecule has 4 aromatic carbocycles. The highest BCUT2D eigenvalue weighted by Gasteiger charge is 2.10. The van der Waals surface area contributed by atoms with E-state index in [4.69, 9.17) is 0 Å². The second-order valence-electron chi connectivity index (χ2n) is 6.72. The van der Waals surface area contributed by atoms with Crippen LogP contribution in [0.1, 0.15) is 25.0 Å². The second kappa shape index (κ2) is 5.94. The molecule has 0 saturated carbocycles. The highest BCUT2D eigenvalue weighted by Crippen LogP contribution is 2.35. The van der Waals surface area contributed by atoms with E-state index in [1.807, 2.05) is 13.8 Å². The SMILES string of the molecule is CC#Cc1ccc2c(ccc3c4ccc5cc(C#CC)ccc5c4[nH]c23)c1. The Balaban J connectivity index is 1.86. The Bertz CT molecular complexity index is 1380. The summed E-state index contributed by atoms with van der Waals surface area (Å²) >= 11 is 0. The molecule has 1 nitrogen and oxygen atoms in total. The summed E-state index contributed by atoms with van der Waals surface area (Å²) in [5.41, 5.74) is 4.47. The quantitative estimate of drug-likeness (QED) is 0.314. The van der Waals surface area contributed by atoms with Gasteiger partial charge < -0.3 is 4.98 Å². The summed E-state index contributed by atoms with van der Waals surface area (Å²) in [5.74, 6) is 12.2. The lowest BCUT2D eigenvalue weighted by molar-refractivity contribution is 1.58. The Morgan fingerprint density at radius 3 is 1.44 bits per heavy atom. The summed E-state index contributed by atoms with van der Waals surface area (Å²) in [6.07, 6.45) is 0. The number of hydrogen-bond acceptors (Lipinski definition) is 0. The van der Waals surface area contributed by atoms with Gasteiger partial charge in [-0.1, -0.05) is 48.2 Å². The Kier molecular flexibility index (Phi) is 3.43. The van der Waals surface area contributed by atoms with Crippen LogP contribution in [0.15, 0.2) is 60.7 Å². The number of H-pyrrole nitrogens is 1. The standard InChI is InChI=1S/C26H17N/c1-3-5-17-7-11-21-19(15-17)9-13-23-24-14-10-20-16-18(6-4-2)8-12-22(20)26(24)27-25(21)23/h7-16,27H,1-2H3. The van der Waals surface area contributed by atoms with Gasteiger partial charge in [0.05, 0.1) is 11.0 Å². The molecule has 1 heteroatoms. The van der Waals surface area contributed by atoms with Gasteiger partial charge in [-0.05, 0) is 48.9 Å². The summed E-state index contributed by atoms with van der Waals surface area (Å²) in [5, 5.41) is 7.38. The van der Waals surface area contributed by atoms with Crippen LogP contribution in [-0.4, -0.2) is 4.98 Å². The number of hydrogen-bond donors (Lipinski definition) is 1. The topological polar surface area (TPSA) is 15.8 Å². The number of aromatic amines is 1. The highest BCUT2D eigenvalue weighted by atomic mass is 14.7. The van der Waals surface area contributed by atoms with Crippen LogP contribution >= 0.6 is 0 Å². The highest BCUT2D eigenvalue weighted by molar-refractivity contribution is 6.22. The molecule has 0 atom stereocenters. The zero-order valence-electron chi connectivity index (χ0n) is 15.3. The number of nitrogens with one attached hydrogen (secondary N) is 1. The molecule has 0 aliphatic carbocycles. The first-order valence-electron chi connectivity index (χ1n) is 9.05. The molecule has 5 aromatic rings. The van der Waals surface area contributed by atoms with Gasteiger partial charge in [0.25, 0.3) is 0 Å². The zero-order valence-corrected chi connectivity index (χ0v) is 15.3. The van der Waals surface area contributed by atoms with Crippen molar-refractivity contribution >= 4 is 43.4 Å². The zero-order chi connectivity index (χ0) is 18.4. The van der Waals surface area contributed by atoms with Gasteiger partial charge in [-0.25, -0.2) is 0 Å². The van der Waals surface area contributed by atoms with Gasteiger partial charge in [-0.15, -0.1) is 11.8 Å². The van der Waals surface area contributed by atoms with E-state index in [-0.39, 0.29) is 0 Å². The molecule has 0 bridgehead atoms. The predicted molar refractivity (Wildman–Crippen MR) is 116 cm³/mol. The third-order valence-electron chi connectivity index (χ3n) is 5.12. The average Bonchev–Trinajstić information content (AvgIpc) is 3.07. The predicted octanol–water partition coefficient (Wildman–Crippen LogP) is 6.37. The van der Waals surface area contributed by atoms with Crippen LogP contribution in [0, 0.1) is 23.7 Å². The number of aromatic nitrogens is 1. The van der Waals surface area contributed by atoms with Crippen LogP contribution in [0.3, 0.4) is 0 Å². The van der Waals surface area contributed by atoms with E-state index in [9.17, 15) is 0 Å². The second-order valence-corrected chi connectivity index (χ2v) is 6.72. The lowest BCUT2D eigenvalue weighted by Gasteiger charge is -2.01. The van der Waals surface area contributed by atoms with Crippen molar-refractivity contribution in [2.75, 3.05) is 0 Å². The molecular weight excluding hydrogens is 326 g/mol. The molecule has 0 radical (unpaired) electrons. The lowest BCUT2D eigenvalue weighted by Crippen LogP contribution is -1.79. The van der Waals surface area contributed by atoms with Crippen molar-refractivity contribution in [3.05, 3.63) is 71.8 Å². The monoisotopic (exact) mass is 343 g/mol. The van der Waals surface area contributed by atoms with Gasteiger partial charge in [-0.3, -0.25) is 0 Å². The van der Waals surface area contributed by atoms with E-state index in [1.54, 1.807) is 0 Å². The average molecular weight is 343 g/mol. The van der Waals surface area contributed by atoms with Gasteiger partial charge in [0, 0.05) is 32.7 Å². The maximum Gasteiger partial charge on any atom is 0.0544 e. The van der Waals surface area contributed by atoms with Gasteiger partial charge in [0.1, 0.15) is 0 Å². The van der Waals surface area contributed by atoms with Crippen LogP contribution < -0.4 is 0 Å². The van der Waals surface area contributed by atoms with Crippen LogP contribution in [0.25, 0.3) is 43.4 Å².